The summed E-state index contributed by atoms with van der Waals surface area (Å²) in [5.74, 6) is -0.333. The van der Waals surface area contributed by atoms with Gasteiger partial charge in [-0.1, -0.05) is 0 Å². The molecule has 0 radical (unpaired) electrons. The molecule has 0 aliphatic carbocycles. The third-order valence-electron chi connectivity index (χ3n) is 3.60. The van der Waals surface area contributed by atoms with Gasteiger partial charge in [-0.2, -0.15) is 11.3 Å². The second kappa shape index (κ2) is 6.89. The first-order valence-electron chi connectivity index (χ1n) is 7.07. The Hall–Kier alpha value is -1.92. The average Bonchev–Trinajstić information content (AvgIpc) is 2.91. The number of H-pyrrole nitrogens is 1. The first-order chi connectivity index (χ1) is 10.4. The van der Waals surface area contributed by atoms with Gasteiger partial charge in [0.05, 0.1) is 6.04 Å². The lowest BCUT2D eigenvalue weighted by Crippen LogP contribution is -2.37. The van der Waals surface area contributed by atoms with Gasteiger partial charge in [0.25, 0.3) is 11.5 Å². The number of hydrogen-bond donors (Lipinski definition) is 2. The van der Waals surface area contributed by atoms with Crippen LogP contribution in [0.4, 0.5) is 0 Å². The van der Waals surface area contributed by atoms with E-state index in [2.05, 4.69) is 20.6 Å². The van der Waals surface area contributed by atoms with E-state index in [-0.39, 0.29) is 23.1 Å². The second-order valence-electron chi connectivity index (χ2n) is 5.59. The van der Waals surface area contributed by atoms with E-state index in [0.717, 1.165) is 11.3 Å². The lowest BCUT2D eigenvalue weighted by atomic mass is 10.1. The van der Waals surface area contributed by atoms with Crippen molar-refractivity contribution >= 4 is 17.2 Å². The van der Waals surface area contributed by atoms with Gasteiger partial charge in [0, 0.05) is 12.2 Å². The van der Waals surface area contributed by atoms with Gasteiger partial charge in [0.1, 0.15) is 5.56 Å². The Bertz CT molecular complexity index is 705. The van der Waals surface area contributed by atoms with Gasteiger partial charge in [0.2, 0.25) is 0 Å². The molecule has 0 fully saturated rings. The molecule has 22 heavy (non-hydrogen) atoms. The lowest BCUT2D eigenvalue weighted by molar-refractivity contribution is 0.0940. The van der Waals surface area contributed by atoms with E-state index in [9.17, 15) is 9.59 Å². The topological polar surface area (TPSA) is 65.2 Å². The maximum atomic E-state index is 12.3. The van der Waals surface area contributed by atoms with E-state index >= 15 is 0 Å². The summed E-state index contributed by atoms with van der Waals surface area (Å²) in [4.78, 5) is 29.1. The number of amides is 1. The van der Waals surface area contributed by atoms with Crippen LogP contribution in [0.15, 0.2) is 27.7 Å². The standard InChI is InChI=1S/C16H21N3O2S/c1-10-7-11(2)18-16(21)14(10)15(20)17-8-13(19(3)4)12-5-6-22-9-12/h5-7,9,13H,8H2,1-4H3,(H,17,20)(H,18,21). The van der Waals surface area contributed by atoms with Gasteiger partial charge >= 0.3 is 0 Å². The summed E-state index contributed by atoms with van der Waals surface area (Å²) in [5.41, 5.74) is 2.45. The molecule has 2 heterocycles. The van der Waals surface area contributed by atoms with Crippen molar-refractivity contribution in [1.29, 1.82) is 0 Å². The summed E-state index contributed by atoms with van der Waals surface area (Å²) >= 11 is 1.63. The molecule has 2 rings (SSSR count). The number of aryl methyl sites for hydroxylation is 2. The van der Waals surface area contributed by atoms with Gasteiger partial charge in [-0.3, -0.25) is 9.59 Å². The van der Waals surface area contributed by atoms with E-state index in [1.165, 1.54) is 0 Å². The molecule has 0 spiro atoms. The fourth-order valence-corrected chi connectivity index (χ4v) is 3.18. The highest BCUT2D eigenvalue weighted by Gasteiger charge is 2.19. The SMILES string of the molecule is Cc1cc(C)c(C(=O)NCC(c2ccsc2)N(C)C)c(=O)[nH]1. The van der Waals surface area contributed by atoms with Crippen molar-refractivity contribution in [1.82, 2.24) is 15.2 Å². The van der Waals surface area contributed by atoms with E-state index < -0.39 is 0 Å². The zero-order valence-corrected chi connectivity index (χ0v) is 14.1. The molecule has 0 bridgehead atoms. The first-order valence-corrected chi connectivity index (χ1v) is 8.01. The van der Waals surface area contributed by atoms with Gasteiger partial charge in [-0.05, 0) is 62.0 Å². The van der Waals surface area contributed by atoms with E-state index in [1.807, 2.05) is 25.5 Å². The Kier molecular flexibility index (Phi) is 5.15. The number of carbonyl (C=O) groups is 1. The molecule has 0 aromatic carbocycles. The number of nitrogens with one attached hydrogen (secondary N) is 2. The number of aromatic amines is 1. The van der Waals surface area contributed by atoms with Crippen LogP contribution in [0.3, 0.4) is 0 Å². The molecule has 0 saturated carbocycles. The highest BCUT2D eigenvalue weighted by molar-refractivity contribution is 7.07. The quantitative estimate of drug-likeness (QED) is 0.887. The summed E-state index contributed by atoms with van der Waals surface area (Å²) in [7, 11) is 3.94. The van der Waals surface area contributed by atoms with Crippen molar-refractivity contribution in [2.24, 2.45) is 0 Å². The monoisotopic (exact) mass is 319 g/mol. The molecule has 6 heteroatoms. The van der Waals surface area contributed by atoms with Crippen molar-refractivity contribution < 1.29 is 4.79 Å². The molecule has 2 aromatic heterocycles. The summed E-state index contributed by atoms with van der Waals surface area (Å²) in [6.07, 6.45) is 0. The van der Waals surface area contributed by atoms with Crippen molar-refractivity contribution in [2.45, 2.75) is 19.9 Å². The maximum absolute atomic E-state index is 12.3. The van der Waals surface area contributed by atoms with Crippen molar-refractivity contribution in [3.05, 3.63) is 55.6 Å². The number of likely N-dealkylation sites (N-methyl/N-ethyl adjacent to an activating group) is 1. The fourth-order valence-electron chi connectivity index (χ4n) is 2.48. The summed E-state index contributed by atoms with van der Waals surface area (Å²) in [6, 6.07) is 3.93. The van der Waals surface area contributed by atoms with E-state index in [4.69, 9.17) is 0 Å². The summed E-state index contributed by atoms with van der Waals surface area (Å²) < 4.78 is 0. The minimum atomic E-state index is -0.341. The van der Waals surface area contributed by atoms with Crippen LogP contribution in [0.25, 0.3) is 0 Å². The van der Waals surface area contributed by atoms with Crippen LogP contribution in [0.5, 0.6) is 0 Å². The van der Waals surface area contributed by atoms with Crippen LogP contribution in [-0.2, 0) is 0 Å². The molecule has 1 atom stereocenters. The zero-order chi connectivity index (χ0) is 16.3. The Morgan fingerprint density at radius 3 is 2.68 bits per heavy atom. The highest BCUT2D eigenvalue weighted by Crippen LogP contribution is 2.20. The van der Waals surface area contributed by atoms with Gasteiger partial charge in [0.15, 0.2) is 0 Å². The molecule has 5 nitrogen and oxygen atoms in total. The number of pyridine rings is 1. The minimum Gasteiger partial charge on any atom is -0.350 e. The minimum absolute atomic E-state index is 0.0834. The maximum Gasteiger partial charge on any atom is 0.261 e. The number of aromatic nitrogens is 1. The van der Waals surface area contributed by atoms with Crippen LogP contribution in [-0.4, -0.2) is 36.4 Å². The lowest BCUT2D eigenvalue weighted by Gasteiger charge is -2.24. The smallest absolute Gasteiger partial charge is 0.261 e. The van der Waals surface area contributed by atoms with Crippen molar-refractivity contribution in [2.75, 3.05) is 20.6 Å². The van der Waals surface area contributed by atoms with Crippen LogP contribution >= 0.6 is 11.3 Å². The molecule has 2 aromatic rings. The average molecular weight is 319 g/mol. The molecule has 2 N–H and O–H groups in total. The number of rotatable bonds is 5. The summed E-state index contributed by atoms with van der Waals surface area (Å²) in [5, 5.41) is 6.96. The number of hydrogen-bond acceptors (Lipinski definition) is 4. The second-order valence-corrected chi connectivity index (χ2v) is 6.37. The number of nitrogens with zero attached hydrogens (tertiary/aromatic N) is 1. The molecular weight excluding hydrogens is 298 g/mol. The normalized spacial score (nSPS) is 12.4. The van der Waals surface area contributed by atoms with Gasteiger partial charge in [-0.25, -0.2) is 0 Å². The van der Waals surface area contributed by atoms with Crippen LogP contribution < -0.4 is 10.9 Å². The van der Waals surface area contributed by atoms with E-state index in [1.54, 1.807) is 31.3 Å². The Labute approximate surface area is 134 Å². The summed E-state index contributed by atoms with van der Waals surface area (Å²) in [6.45, 7) is 4.03. The van der Waals surface area contributed by atoms with Crippen molar-refractivity contribution in [3.63, 3.8) is 0 Å². The molecule has 1 unspecified atom stereocenters. The first kappa shape index (κ1) is 16.5. The third kappa shape index (κ3) is 3.64. The number of thiophene rings is 1. The molecule has 1 amide bonds. The highest BCUT2D eigenvalue weighted by atomic mass is 32.1. The molecule has 118 valence electrons. The van der Waals surface area contributed by atoms with E-state index in [0.29, 0.717) is 12.1 Å². The molecule has 0 aliphatic rings. The van der Waals surface area contributed by atoms with Gasteiger partial charge in [-0.15, -0.1) is 0 Å². The predicted molar refractivity (Wildman–Crippen MR) is 89.6 cm³/mol. The predicted octanol–water partition coefficient (Wildman–Crippen LogP) is 2.09. The fraction of sp³-hybridized carbons (Fsp3) is 0.375. The van der Waals surface area contributed by atoms with Crippen LogP contribution in [0.1, 0.15) is 33.2 Å². The van der Waals surface area contributed by atoms with Crippen LogP contribution in [0, 0.1) is 13.8 Å². The van der Waals surface area contributed by atoms with Gasteiger partial charge < -0.3 is 15.2 Å². The Balaban J connectivity index is 2.14. The third-order valence-corrected chi connectivity index (χ3v) is 4.30. The Morgan fingerprint density at radius 2 is 2.14 bits per heavy atom. The molecule has 0 saturated heterocycles. The largest absolute Gasteiger partial charge is 0.350 e. The molecular formula is C16H21N3O2S. The van der Waals surface area contributed by atoms with Crippen LogP contribution in [0.2, 0.25) is 0 Å². The zero-order valence-electron chi connectivity index (χ0n) is 13.3. The Morgan fingerprint density at radius 1 is 1.41 bits per heavy atom. The molecule has 0 aliphatic heterocycles. The van der Waals surface area contributed by atoms with Crippen molar-refractivity contribution in [3.8, 4) is 0 Å². The number of carbonyl (C=O) groups excluding carboxylic acids is 1.